The topological polar surface area (TPSA) is 49.4 Å². The Hall–Kier alpha value is -2.10. The first-order valence-electron chi connectivity index (χ1n) is 7.05. The summed E-state index contributed by atoms with van der Waals surface area (Å²) < 4.78 is 0. The number of carbonyl (C=O) groups is 2. The molecule has 1 N–H and O–H groups in total. The van der Waals surface area contributed by atoms with Crippen molar-refractivity contribution in [1.29, 1.82) is 0 Å². The van der Waals surface area contributed by atoms with Crippen molar-refractivity contribution in [1.82, 2.24) is 4.90 Å². The second kappa shape index (κ2) is 3.95. The highest BCUT2D eigenvalue weighted by molar-refractivity contribution is 6.21. The highest BCUT2D eigenvalue weighted by atomic mass is 16.2. The Bertz CT molecular complexity index is 650. The summed E-state index contributed by atoms with van der Waals surface area (Å²) in [4.78, 5) is 25.0. The van der Waals surface area contributed by atoms with Crippen molar-refractivity contribution in [3.8, 4) is 0 Å². The van der Waals surface area contributed by atoms with E-state index in [0.29, 0.717) is 23.1 Å². The minimum Gasteiger partial charge on any atom is -0.382 e. The second-order valence-electron chi connectivity index (χ2n) is 5.92. The molecule has 0 bridgehead atoms. The number of benzene rings is 1. The van der Waals surface area contributed by atoms with Gasteiger partial charge in [-0.2, -0.15) is 0 Å². The van der Waals surface area contributed by atoms with E-state index in [-0.39, 0.29) is 11.8 Å². The Balaban J connectivity index is 1.58. The van der Waals surface area contributed by atoms with E-state index in [4.69, 9.17) is 0 Å². The summed E-state index contributed by atoms with van der Waals surface area (Å²) in [6, 6.07) is 5.92. The Morgan fingerprint density at radius 1 is 1.20 bits per heavy atom. The maximum atomic E-state index is 12.0. The number of fused-ring (bicyclic) bond motifs is 2. The highest BCUT2D eigenvalue weighted by Crippen LogP contribution is 2.44. The van der Waals surface area contributed by atoms with Gasteiger partial charge in [-0.05, 0) is 37.0 Å². The molecule has 4 rings (SSSR count). The lowest BCUT2D eigenvalue weighted by molar-refractivity contribution is 0.0693. The highest BCUT2D eigenvalue weighted by Gasteiger charge is 2.41. The first-order valence-corrected chi connectivity index (χ1v) is 7.05. The average molecular weight is 268 g/mol. The lowest BCUT2D eigenvalue weighted by Crippen LogP contribution is -2.43. The van der Waals surface area contributed by atoms with Gasteiger partial charge in [0, 0.05) is 24.7 Å². The molecular weight excluding hydrogens is 252 g/mol. The fourth-order valence-corrected chi connectivity index (χ4v) is 3.55. The zero-order chi connectivity index (χ0) is 13.9. The van der Waals surface area contributed by atoms with Gasteiger partial charge in [0.05, 0.1) is 11.1 Å². The molecule has 1 saturated carbocycles. The van der Waals surface area contributed by atoms with Gasteiger partial charge in [0.15, 0.2) is 0 Å². The number of rotatable bonds is 2. The molecule has 3 atom stereocenters. The molecule has 3 unspecified atom stereocenters. The molecule has 102 valence electrons. The number of allylic oxidation sites excluding steroid dienone is 1. The molecule has 0 spiro atoms. The largest absolute Gasteiger partial charge is 0.382 e. The van der Waals surface area contributed by atoms with Crippen molar-refractivity contribution in [2.75, 3.05) is 12.4 Å². The molecule has 2 amide bonds. The minimum absolute atomic E-state index is 0.208. The zero-order valence-electron chi connectivity index (χ0n) is 11.3. The van der Waals surface area contributed by atoms with E-state index in [1.54, 1.807) is 6.07 Å². The van der Waals surface area contributed by atoms with Crippen molar-refractivity contribution < 1.29 is 9.59 Å². The lowest BCUT2D eigenvalue weighted by Gasteiger charge is -2.41. The van der Waals surface area contributed by atoms with Gasteiger partial charge in [0.2, 0.25) is 0 Å². The van der Waals surface area contributed by atoms with Gasteiger partial charge in [-0.1, -0.05) is 12.2 Å². The number of hydrogen-bond donors (Lipinski definition) is 1. The van der Waals surface area contributed by atoms with E-state index in [0.717, 1.165) is 11.6 Å². The van der Waals surface area contributed by atoms with Crippen molar-refractivity contribution in [2.24, 2.45) is 11.8 Å². The van der Waals surface area contributed by atoms with Gasteiger partial charge >= 0.3 is 0 Å². The molecule has 1 aliphatic heterocycles. The minimum atomic E-state index is -0.209. The van der Waals surface area contributed by atoms with E-state index < -0.39 is 0 Å². The van der Waals surface area contributed by atoms with Gasteiger partial charge in [0.1, 0.15) is 0 Å². The van der Waals surface area contributed by atoms with E-state index in [9.17, 15) is 9.59 Å². The summed E-state index contributed by atoms with van der Waals surface area (Å²) in [5, 5.41) is 3.50. The molecule has 1 aromatic rings. The number of nitrogens with one attached hydrogen (secondary N) is 1. The van der Waals surface area contributed by atoms with Gasteiger partial charge in [-0.3, -0.25) is 14.5 Å². The molecule has 4 nitrogen and oxygen atoms in total. The molecule has 4 heteroatoms. The van der Waals surface area contributed by atoms with Crippen molar-refractivity contribution in [3.05, 3.63) is 41.5 Å². The summed E-state index contributed by atoms with van der Waals surface area (Å²) in [5.41, 5.74) is 1.96. The van der Waals surface area contributed by atoms with Crippen LogP contribution in [0, 0.1) is 11.8 Å². The van der Waals surface area contributed by atoms with Crippen molar-refractivity contribution in [2.45, 2.75) is 18.9 Å². The Labute approximate surface area is 117 Å². The summed E-state index contributed by atoms with van der Waals surface area (Å²) in [5.74, 6) is 1.01. The van der Waals surface area contributed by atoms with E-state index in [1.807, 2.05) is 12.1 Å². The SMILES string of the molecule is CN1C(=O)c2ccc(NC3CC4CC=CC43)cc2C1=O. The molecule has 1 fully saturated rings. The molecule has 1 heterocycles. The van der Waals surface area contributed by atoms with Crippen LogP contribution in [-0.2, 0) is 0 Å². The molecule has 1 aromatic carbocycles. The van der Waals surface area contributed by atoms with Crippen molar-refractivity contribution >= 4 is 17.5 Å². The predicted molar refractivity (Wildman–Crippen MR) is 75.6 cm³/mol. The number of hydrogen-bond acceptors (Lipinski definition) is 3. The average Bonchev–Trinajstić information content (AvgIpc) is 2.91. The number of imide groups is 1. The van der Waals surface area contributed by atoms with Crippen LogP contribution >= 0.6 is 0 Å². The predicted octanol–water partition coefficient (Wildman–Crippen LogP) is 2.29. The molecule has 20 heavy (non-hydrogen) atoms. The monoisotopic (exact) mass is 268 g/mol. The van der Waals surface area contributed by atoms with Gasteiger partial charge < -0.3 is 5.32 Å². The number of amides is 2. The van der Waals surface area contributed by atoms with Gasteiger partial charge in [-0.25, -0.2) is 0 Å². The normalized spacial score (nSPS) is 30.2. The third-order valence-electron chi connectivity index (χ3n) is 4.80. The Morgan fingerprint density at radius 2 is 2.00 bits per heavy atom. The maximum absolute atomic E-state index is 12.0. The van der Waals surface area contributed by atoms with Crippen molar-refractivity contribution in [3.63, 3.8) is 0 Å². The quantitative estimate of drug-likeness (QED) is 0.661. The fraction of sp³-hybridized carbons (Fsp3) is 0.375. The van der Waals surface area contributed by atoms with Crippen LogP contribution in [0.5, 0.6) is 0 Å². The third-order valence-corrected chi connectivity index (χ3v) is 4.80. The molecule has 0 aromatic heterocycles. The molecular formula is C16H16N2O2. The zero-order valence-corrected chi connectivity index (χ0v) is 11.3. The van der Waals surface area contributed by atoms with E-state index in [2.05, 4.69) is 17.5 Å². The van der Waals surface area contributed by atoms with Crippen LogP contribution in [0.25, 0.3) is 0 Å². The molecule has 2 aliphatic carbocycles. The Morgan fingerprint density at radius 3 is 2.80 bits per heavy atom. The van der Waals surface area contributed by atoms with Crippen LogP contribution in [0.3, 0.4) is 0 Å². The van der Waals surface area contributed by atoms with Crippen LogP contribution in [0.1, 0.15) is 33.6 Å². The Kier molecular flexibility index (Phi) is 2.31. The van der Waals surface area contributed by atoms with Crippen LogP contribution in [0.15, 0.2) is 30.4 Å². The summed E-state index contributed by atoms with van der Waals surface area (Å²) in [7, 11) is 1.53. The van der Waals surface area contributed by atoms with Gasteiger partial charge in [-0.15, -0.1) is 0 Å². The smallest absolute Gasteiger partial charge is 0.261 e. The summed E-state index contributed by atoms with van der Waals surface area (Å²) in [6.07, 6.45) is 6.94. The molecule has 0 radical (unpaired) electrons. The molecule has 0 saturated heterocycles. The lowest BCUT2D eigenvalue weighted by atomic mass is 9.71. The third kappa shape index (κ3) is 1.48. The van der Waals surface area contributed by atoms with E-state index >= 15 is 0 Å². The van der Waals surface area contributed by atoms with Crippen LogP contribution in [0.4, 0.5) is 5.69 Å². The first kappa shape index (κ1) is 11.7. The number of anilines is 1. The van der Waals surface area contributed by atoms with E-state index in [1.165, 1.54) is 24.8 Å². The standard InChI is InChI=1S/C16H16N2O2/c1-18-15(19)12-6-5-10(8-13(12)16(18)20)17-14-7-9-3-2-4-11(9)14/h2,4-6,8-9,11,14,17H,3,7H2,1H3. The maximum Gasteiger partial charge on any atom is 0.261 e. The summed E-state index contributed by atoms with van der Waals surface area (Å²) >= 11 is 0. The van der Waals surface area contributed by atoms with Crippen LogP contribution in [0.2, 0.25) is 0 Å². The first-order chi connectivity index (χ1) is 9.65. The fourth-order valence-electron chi connectivity index (χ4n) is 3.55. The number of carbonyl (C=O) groups excluding carboxylic acids is 2. The summed E-state index contributed by atoms with van der Waals surface area (Å²) in [6.45, 7) is 0. The second-order valence-corrected chi connectivity index (χ2v) is 5.92. The van der Waals surface area contributed by atoms with Crippen LogP contribution < -0.4 is 5.32 Å². The van der Waals surface area contributed by atoms with Gasteiger partial charge in [0.25, 0.3) is 11.8 Å². The van der Waals surface area contributed by atoms with Crippen LogP contribution in [-0.4, -0.2) is 29.8 Å². The molecule has 3 aliphatic rings. The number of nitrogens with zero attached hydrogens (tertiary/aromatic N) is 1.